The number of aromatic hydroxyl groups is 1. The normalized spacial score (nSPS) is 12.4. The molecule has 1 aromatic carbocycles. The van der Waals surface area contributed by atoms with Crippen LogP contribution in [-0.4, -0.2) is 11.5 Å². The van der Waals surface area contributed by atoms with Gasteiger partial charge < -0.3 is 10.8 Å². The van der Waals surface area contributed by atoms with Gasteiger partial charge in [0.2, 0.25) is 0 Å². The number of rotatable bonds is 2. The number of phenols is 1. The SMILES string of the molecule is Cl.N[C@@H](c1c(F)ccc(Br)c1O)C(F)F. The van der Waals surface area contributed by atoms with Crippen LogP contribution in [0.15, 0.2) is 16.6 Å². The molecule has 0 bridgehead atoms. The Balaban J connectivity index is 0.00000196. The third-order valence-electron chi connectivity index (χ3n) is 1.72. The first-order valence-corrected chi connectivity index (χ1v) is 4.45. The van der Waals surface area contributed by atoms with E-state index < -0.39 is 29.6 Å². The number of phenolic OH excluding ortho intramolecular Hbond substituents is 1. The third-order valence-corrected chi connectivity index (χ3v) is 2.36. The zero-order valence-electron chi connectivity index (χ0n) is 7.25. The quantitative estimate of drug-likeness (QED) is 0.882. The molecule has 0 aliphatic carbocycles. The van der Waals surface area contributed by atoms with Crippen LogP contribution in [0.3, 0.4) is 0 Å². The van der Waals surface area contributed by atoms with Crippen LogP contribution in [0.25, 0.3) is 0 Å². The van der Waals surface area contributed by atoms with E-state index >= 15 is 0 Å². The average molecular weight is 307 g/mol. The second kappa shape index (κ2) is 5.58. The van der Waals surface area contributed by atoms with E-state index in [1.165, 1.54) is 6.07 Å². The van der Waals surface area contributed by atoms with Crippen molar-refractivity contribution < 1.29 is 18.3 Å². The Morgan fingerprint density at radius 3 is 2.33 bits per heavy atom. The minimum absolute atomic E-state index is 0. The first kappa shape index (κ1) is 14.5. The van der Waals surface area contributed by atoms with Gasteiger partial charge >= 0.3 is 0 Å². The maximum atomic E-state index is 13.0. The van der Waals surface area contributed by atoms with Crippen LogP contribution in [-0.2, 0) is 0 Å². The van der Waals surface area contributed by atoms with Crippen molar-refractivity contribution >= 4 is 28.3 Å². The summed E-state index contributed by atoms with van der Waals surface area (Å²) >= 11 is 2.88. The Morgan fingerprint density at radius 2 is 1.87 bits per heavy atom. The van der Waals surface area contributed by atoms with Crippen molar-refractivity contribution in [3.8, 4) is 5.75 Å². The van der Waals surface area contributed by atoms with Crippen molar-refractivity contribution in [3.63, 3.8) is 0 Å². The average Bonchev–Trinajstić information content (AvgIpc) is 2.12. The number of hydrogen-bond donors (Lipinski definition) is 2. The second-order valence-electron chi connectivity index (χ2n) is 2.65. The van der Waals surface area contributed by atoms with Crippen molar-refractivity contribution in [1.82, 2.24) is 0 Å². The maximum absolute atomic E-state index is 13.0. The fraction of sp³-hybridized carbons (Fsp3) is 0.250. The molecule has 0 amide bonds. The van der Waals surface area contributed by atoms with E-state index in [9.17, 15) is 18.3 Å². The van der Waals surface area contributed by atoms with Crippen LogP contribution < -0.4 is 5.73 Å². The highest BCUT2D eigenvalue weighted by atomic mass is 79.9. The molecule has 1 rings (SSSR count). The molecule has 3 N–H and O–H groups in total. The molecule has 0 radical (unpaired) electrons. The van der Waals surface area contributed by atoms with Crippen LogP contribution in [0.2, 0.25) is 0 Å². The van der Waals surface area contributed by atoms with E-state index in [1.807, 2.05) is 0 Å². The molecule has 0 aromatic heterocycles. The summed E-state index contributed by atoms with van der Waals surface area (Å²) < 4.78 is 37.6. The van der Waals surface area contributed by atoms with E-state index in [-0.39, 0.29) is 16.9 Å². The Bertz CT molecular complexity index is 351. The van der Waals surface area contributed by atoms with Crippen molar-refractivity contribution in [3.05, 3.63) is 28.0 Å². The molecule has 0 heterocycles. The maximum Gasteiger partial charge on any atom is 0.257 e. The molecule has 1 aromatic rings. The van der Waals surface area contributed by atoms with E-state index in [4.69, 9.17) is 5.73 Å². The van der Waals surface area contributed by atoms with Gasteiger partial charge in [0.25, 0.3) is 6.43 Å². The van der Waals surface area contributed by atoms with E-state index in [1.54, 1.807) is 0 Å². The van der Waals surface area contributed by atoms with Crippen molar-refractivity contribution in [2.75, 3.05) is 0 Å². The van der Waals surface area contributed by atoms with Crippen LogP contribution in [0.1, 0.15) is 11.6 Å². The Morgan fingerprint density at radius 1 is 1.33 bits per heavy atom. The van der Waals surface area contributed by atoms with Gasteiger partial charge in [-0.2, -0.15) is 0 Å². The summed E-state index contributed by atoms with van der Waals surface area (Å²) in [4.78, 5) is 0. The first-order chi connectivity index (χ1) is 6.45. The lowest BCUT2D eigenvalue weighted by atomic mass is 10.1. The van der Waals surface area contributed by atoms with Gasteiger partial charge in [-0.1, -0.05) is 0 Å². The first-order valence-electron chi connectivity index (χ1n) is 3.65. The molecule has 7 heteroatoms. The van der Waals surface area contributed by atoms with Gasteiger partial charge in [-0.05, 0) is 28.1 Å². The molecule has 0 spiro atoms. The molecule has 0 aliphatic heterocycles. The third kappa shape index (κ3) is 2.99. The smallest absolute Gasteiger partial charge is 0.257 e. The predicted molar refractivity (Wildman–Crippen MR) is 55.9 cm³/mol. The summed E-state index contributed by atoms with van der Waals surface area (Å²) in [5.74, 6) is -1.53. The number of benzene rings is 1. The molecule has 0 fully saturated rings. The molecule has 0 unspecified atom stereocenters. The largest absolute Gasteiger partial charge is 0.506 e. The molecule has 1 atom stereocenters. The second-order valence-corrected chi connectivity index (χ2v) is 3.51. The zero-order valence-corrected chi connectivity index (χ0v) is 9.66. The lowest BCUT2D eigenvalue weighted by molar-refractivity contribution is 0.113. The molecule has 15 heavy (non-hydrogen) atoms. The van der Waals surface area contributed by atoms with Gasteiger partial charge in [-0.3, -0.25) is 0 Å². The van der Waals surface area contributed by atoms with Gasteiger partial charge in [-0.15, -0.1) is 12.4 Å². The number of nitrogens with two attached hydrogens (primary N) is 1. The van der Waals surface area contributed by atoms with Crippen molar-refractivity contribution in [1.29, 1.82) is 0 Å². The van der Waals surface area contributed by atoms with E-state index in [2.05, 4.69) is 15.9 Å². The molecular weight excluding hydrogens is 298 g/mol. The fourth-order valence-corrected chi connectivity index (χ4v) is 1.35. The summed E-state index contributed by atoms with van der Waals surface area (Å²) in [6.45, 7) is 0. The summed E-state index contributed by atoms with van der Waals surface area (Å²) in [7, 11) is 0. The molecule has 86 valence electrons. The van der Waals surface area contributed by atoms with Crippen LogP contribution in [0, 0.1) is 5.82 Å². The molecule has 2 nitrogen and oxygen atoms in total. The van der Waals surface area contributed by atoms with Gasteiger partial charge in [0.1, 0.15) is 11.6 Å². The van der Waals surface area contributed by atoms with Crippen LogP contribution in [0.4, 0.5) is 13.2 Å². The zero-order chi connectivity index (χ0) is 10.9. The van der Waals surface area contributed by atoms with Gasteiger partial charge in [0.05, 0.1) is 16.1 Å². The van der Waals surface area contributed by atoms with Gasteiger partial charge in [0.15, 0.2) is 0 Å². The van der Waals surface area contributed by atoms with Gasteiger partial charge in [0, 0.05) is 0 Å². The van der Waals surface area contributed by atoms with Gasteiger partial charge in [-0.25, -0.2) is 13.2 Å². The van der Waals surface area contributed by atoms with Crippen LogP contribution >= 0.6 is 28.3 Å². The highest BCUT2D eigenvalue weighted by Gasteiger charge is 2.25. The Labute approximate surface area is 98.8 Å². The van der Waals surface area contributed by atoms with Crippen molar-refractivity contribution in [2.24, 2.45) is 5.73 Å². The highest BCUT2D eigenvalue weighted by Crippen LogP contribution is 2.35. The van der Waals surface area contributed by atoms with E-state index in [0.29, 0.717) is 0 Å². The summed E-state index contributed by atoms with van der Waals surface area (Å²) in [6.07, 6.45) is -2.93. The lowest BCUT2D eigenvalue weighted by Gasteiger charge is -2.14. The Kier molecular flexibility index (Phi) is 5.41. The monoisotopic (exact) mass is 305 g/mol. The number of hydrogen-bond acceptors (Lipinski definition) is 2. The minimum Gasteiger partial charge on any atom is -0.506 e. The lowest BCUT2D eigenvalue weighted by Crippen LogP contribution is -2.20. The van der Waals surface area contributed by atoms with Crippen molar-refractivity contribution in [2.45, 2.75) is 12.5 Å². The number of alkyl halides is 2. The predicted octanol–water partition coefficient (Wildman–Crippen LogP) is 2.98. The standard InChI is InChI=1S/C8H7BrF3NO.ClH/c9-3-1-2-4(10)5(7(3)14)6(13)8(11)12;/h1-2,6,8,14H,13H2;1H/t6-;/m0./s1. The summed E-state index contributed by atoms with van der Waals surface area (Å²) in [5.41, 5.74) is 4.46. The fourth-order valence-electron chi connectivity index (χ4n) is 1.000. The molecular formula is C8H8BrClF3NO. The molecule has 0 saturated carbocycles. The summed E-state index contributed by atoms with van der Waals surface area (Å²) in [6, 6.07) is 0.348. The highest BCUT2D eigenvalue weighted by molar-refractivity contribution is 9.10. The summed E-state index contributed by atoms with van der Waals surface area (Å²) in [5, 5.41) is 9.30. The van der Waals surface area contributed by atoms with Crippen LogP contribution in [0.5, 0.6) is 5.75 Å². The molecule has 0 aliphatic rings. The minimum atomic E-state index is -2.93. The van der Waals surface area contributed by atoms with E-state index in [0.717, 1.165) is 6.07 Å². The number of halogens is 5. The molecule has 0 saturated heterocycles. The topological polar surface area (TPSA) is 46.2 Å². The Hall–Kier alpha value is -0.460.